The zero-order valence-electron chi connectivity index (χ0n) is 11.3. The normalized spacial score (nSPS) is 37.3. The average molecular weight is 279 g/mol. The number of aliphatic hydroxyl groups excluding tert-OH is 1. The topological polar surface area (TPSA) is 32.3 Å². The fourth-order valence-electron chi connectivity index (χ4n) is 3.48. The molecule has 112 valence electrons. The predicted molar refractivity (Wildman–Crippen MR) is 67.8 cm³/mol. The van der Waals surface area contributed by atoms with E-state index in [1.165, 1.54) is 0 Å². The third-order valence-electron chi connectivity index (χ3n) is 4.71. The number of rotatable bonds is 3. The van der Waals surface area contributed by atoms with Gasteiger partial charge in [-0.15, -0.1) is 0 Å². The molecule has 0 spiro atoms. The maximum atomic E-state index is 12.7. The number of nitrogens with one attached hydrogen (secondary N) is 1. The second-order valence-electron chi connectivity index (χ2n) is 6.17. The van der Waals surface area contributed by atoms with E-state index in [4.69, 9.17) is 5.11 Å². The molecule has 0 bridgehead atoms. The Hall–Kier alpha value is -0.290. The first-order valence-corrected chi connectivity index (χ1v) is 7.42. The lowest BCUT2D eigenvalue weighted by molar-refractivity contribution is -0.184. The van der Waals surface area contributed by atoms with Gasteiger partial charge in [-0.2, -0.15) is 13.2 Å². The van der Waals surface area contributed by atoms with Gasteiger partial charge < -0.3 is 10.4 Å². The lowest BCUT2D eigenvalue weighted by Gasteiger charge is -2.36. The highest BCUT2D eigenvalue weighted by atomic mass is 19.4. The maximum absolute atomic E-state index is 12.7. The van der Waals surface area contributed by atoms with E-state index in [1.807, 2.05) is 0 Å². The molecule has 0 radical (unpaired) electrons. The largest absolute Gasteiger partial charge is 0.396 e. The molecule has 2 aliphatic rings. The highest BCUT2D eigenvalue weighted by molar-refractivity contribution is 4.86. The molecule has 0 heterocycles. The van der Waals surface area contributed by atoms with Crippen molar-refractivity contribution in [1.29, 1.82) is 0 Å². The second kappa shape index (κ2) is 6.44. The summed E-state index contributed by atoms with van der Waals surface area (Å²) in [5, 5.41) is 12.5. The Bertz CT molecular complexity index is 274. The van der Waals surface area contributed by atoms with Crippen molar-refractivity contribution in [3.63, 3.8) is 0 Å². The van der Waals surface area contributed by atoms with Crippen LogP contribution < -0.4 is 5.32 Å². The number of alkyl halides is 3. The summed E-state index contributed by atoms with van der Waals surface area (Å²) in [4.78, 5) is 0. The van der Waals surface area contributed by atoms with E-state index < -0.39 is 12.1 Å². The van der Waals surface area contributed by atoms with Gasteiger partial charge in [0.2, 0.25) is 0 Å². The molecule has 0 aromatic heterocycles. The van der Waals surface area contributed by atoms with Crippen molar-refractivity contribution < 1.29 is 18.3 Å². The number of aliphatic hydroxyl groups is 1. The Morgan fingerprint density at radius 1 is 0.947 bits per heavy atom. The summed E-state index contributed by atoms with van der Waals surface area (Å²) in [6, 6.07) is 0.371. The number of hydrogen-bond acceptors (Lipinski definition) is 2. The van der Waals surface area contributed by atoms with Gasteiger partial charge in [0.15, 0.2) is 0 Å². The number of halogens is 3. The summed E-state index contributed by atoms with van der Waals surface area (Å²) in [6.45, 7) is 0.242. The zero-order chi connectivity index (χ0) is 13.9. The van der Waals surface area contributed by atoms with Crippen LogP contribution in [0.15, 0.2) is 0 Å². The van der Waals surface area contributed by atoms with Crippen molar-refractivity contribution in [3.05, 3.63) is 0 Å². The highest BCUT2D eigenvalue weighted by Gasteiger charge is 2.42. The lowest BCUT2D eigenvalue weighted by Crippen LogP contribution is -2.45. The van der Waals surface area contributed by atoms with Crippen LogP contribution in [0.4, 0.5) is 13.2 Å². The minimum Gasteiger partial charge on any atom is -0.396 e. The maximum Gasteiger partial charge on any atom is 0.391 e. The molecule has 2 fully saturated rings. The van der Waals surface area contributed by atoms with Crippen molar-refractivity contribution >= 4 is 0 Å². The molecule has 5 heteroatoms. The van der Waals surface area contributed by atoms with Crippen LogP contribution in [-0.4, -0.2) is 30.0 Å². The quantitative estimate of drug-likeness (QED) is 0.831. The first-order chi connectivity index (χ1) is 8.99. The van der Waals surface area contributed by atoms with E-state index >= 15 is 0 Å². The van der Waals surface area contributed by atoms with E-state index in [-0.39, 0.29) is 19.1 Å². The van der Waals surface area contributed by atoms with Crippen molar-refractivity contribution in [2.75, 3.05) is 6.61 Å². The van der Waals surface area contributed by atoms with Gasteiger partial charge in [-0.3, -0.25) is 0 Å². The van der Waals surface area contributed by atoms with E-state index in [9.17, 15) is 13.2 Å². The van der Waals surface area contributed by atoms with Crippen LogP contribution in [0.25, 0.3) is 0 Å². The molecule has 2 saturated carbocycles. The summed E-state index contributed by atoms with van der Waals surface area (Å²) in [5.74, 6) is -0.722. The van der Waals surface area contributed by atoms with Crippen molar-refractivity contribution in [2.24, 2.45) is 11.8 Å². The minimum atomic E-state index is -4.03. The Balaban J connectivity index is 1.77. The van der Waals surface area contributed by atoms with Crippen LogP contribution in [0.5, 0.6) is 0 Å². The fourth-order valence-corrected chi connectivity index (χ4v) is 3.48. The summed E-state index contributed by atoms with van der Waals surface area (Å²) < 4.78 is 38.2. The van der Waals surface area contributed by atoms with Gasteiger partial charge in [0.05, 0.1) is 5.92 Å². The smallest absolute Gasteiger partial charge is 0.391 e. The van der Waals surface area contributed by atoms with Crippen LogP contribution in [0.3, 0.4) is 0 Å². The van der Waals surface area contributed by atoms with Crippen LogP contribution in [0, 0.1) is 11.8 Å². The van der Waals surface area contributed by atoms with E-state index in [0.29, 0.717) is 24.8 Å². The van der Waals surface area contributed by atoms with Crippen LogP contribution >= 0.6 is 0 Å². The molecular formula is C14H24F3NO. The molecule has 0 aliphatic heterocycles. The molecule has 2 aliphatic carbocycles. The van der Waals surface area contributed by atoms with E-state index in [1.54, 1.807) is 0 Å². The van der Waals surface area contributed by atoms with Gasteiger partial charge >= 0.3 is 6.18 Å². The van der Waals surface area contributed by atoms with Crippen LogP contribution in [0.1, 0.15) is 51.4 Å². The first kappa shape index (κ1) is 15.1. The minimum absolute atomic E-state index is 0.0241. The van der Waals surface area contributed by atoms with Crippen molar-refractivity contribution in [2.45, 2.75) is 69.6 Å². The number of hydrogen-bond donors (Lipinski definition) is 2. The Morgan fingerprint density at radius 3 is 2.21 bits per heavy atom. The molecule has 0 aromatic carbocycles. The lowest BCUT2D eigenvalue weighted by atomic mass is 9.82. The molecule has 19 heavy (non-hydrogen) atoms. The summed E-state index contributed by atoms with van der Waals surface area (Å²) in [5.41, 5.74) is 0. The summed E-state index contributed by atoms with van der Waals surface area (Å²) in [6.07, 6.45) is 1.99. The molecule has 2 nitrogen and oxygen atoms in total. The van der Waals surface area contributed by atoms with E-state index in [0.717, 1.165) is 32.1 Å². The highest BCUT2D eigenvalue weighted by Crippen LogP contribution is 2.38. The molecule has 0 aromatic rings. The van der Waals surface area contributed by atoms with Crippen LogP contribution in [-0.2, 0) is 0 Å². The Kier molecular flexibility index (Phi) is 5.12. The molecular weight excluding hydrogens is 255 g/mol. The van der Waals surface area contributed by atoms with Crippen LogP contribution in [0.2, 0.25) is 0 Å². The van der Waals surface area contributed by atoms with Gasteiger partial charge in [0, 0.05) is 18.7 Å². The standard InChI is InChI=1S/C14H24F3NO/c15-14(16,17)11-2-1-3-13(8-11)18-12-6-4-10(9-19)5-7-12/h10-13,18-19H,1-9H2/t10?,11-,12?,13-/m0/s1. The molecule has 0 unspecified atom stereocenters. The van der Waals surface area contributed by atoms with Gasteiger partial charge in [0.1, 0.15) is 0 Å². The van der Waals surface area contributed by atoms with Gasteiger partial charge in [-0.25, -0.2) is 0 Å². The Morgan fingerprint density at radius 2 is 1.63 bits per heavy atom. The molecule has 0 saturated heterocycles. The van der Waals surface area contributed by atoms with Gasteiger partial charge in [-0.1, -0.05) is 6.42 Å². The molecule has 0 amide bonds. The van der Waals surface area contributed by atoms with Crippen molar-refractivity contribution in [1.82, 2.24) is 5.32 Å². The second-order valence-corrected chi connectivity index (χ2v) is 6.17. The summed E-state index contributed by atoms with van der Waals surface area (Å²) in [7, 11) is 0. The molecule has 2 atom stereocenters. The molecule has 2 rings (SSSR count). The zero-order valence-corrected chi connectivity index (χ0v) is 11.3. The fraction of sp³-hybridized carbons (Fsp3) is 1.00. The third-order valence-corrected chi connectivity index (χ3v) is 4.71. The van der Waals surface area contributed by atoms with Gasteiger partial charge in [-0.05, 0) is 50.9 Å². The molecule has 2 N–H and O–H groups in total. The van der Waals surface area contributed by atoms with Crippen molar-refractivity contribution in [3.8, 4) is 0 Å². The first-order valence-electron chi connectivity index (χ1n) is 7.42. The predicted octanol–water partition coefficient (Wildman–Crippen LogP) is 3.25. The Labute approximate surface area is 112 Å². The third kappa shape index (κ3) is 4.35. The average Bonchev–Trinajstić information content (AvgIpc) is 2.39. The summed E-state index contributed by atoms with van der Waals surface area (Å²) >= 11 is 0. The SMILES string of the molecule is OCC1CCC(N[C@H]2CCC[C@H](C(F)(F)F)C2)CC1. The van der Waals surface area contributed by atoms with Gasteiger partial charge in [0.25, 0.3) is 0 Å². The van der Waals surface area contributed by atoms with E-state index in [2.05, 4.69) is 5.32 Å². The monoisotopic (exact) mass is 279 g/mol.